The van der Waals surface area contributed by atoms with Crippen LogP contribution >= 0.6 is 0 Å². The van der Waals surface area contributed by atoms with Crippen LogP contribution in [0.2, 0.25) is 0 Å². The maximum atomic E-state index is 10.8. The predicted octanol–water partition coefficient (Wildman–Crippen LogP) is 1.48. The molecule has 1 rings (SSSR count). The fourth-order valence-electron chi connectivity index (χ4n) is 1.31. The van der Waals surface area contributed by atoms with E-state index in [1.54, 1.807) is 0 Å². The van der Waals surface area contributed by atoms with Gasteiger partial charge in [-0.2, -0.15) is 0 Å². The Morgan fingerprint density at radius 1 is 1.44 bits per heavy atom. The van der Waals surface area contributed by atoms with Gasteiger partial charge in [-0.25, -0.2) is 0 Å². The van der Waals surface area contributed by atoms with Crippen molar-refractivity contribution in [2.24, 2.45) is 5.73 Å². The van der Waals surface area contributed by atoms with Gasteiger partial charge in [0.2, 0.25) is 0 Å². The number of nitrogens with two attached hydrogens (primary N) is 1. The molecular formula is C12H17NO3. The summed E-state index contributed by atoms with van der Waals surface area (Å²) in [5.74, 6) is -0.362. The fraction of sp³-hybridized carbons (Fsp3) is 0.417. The van der Waals surface area contributed by atoms with E-state index in [-0.39, 0.29) is 6.61 Å². The molecule has 0 amide bonds. The number of carbonyl (C=O) groups is 1. The average Bonchev–Trinajstić information content (AvgIpc) is 2.16. The van der Waals surface area contributed by atoms with Gasteiger partial charge in [0.05, 0.1) is 0 Å². The van der Waals surface area contributed by atoms with Crippen LogP contribution in [0.25, 0.3) is 0 Å². The number of carboxylic acids is 1. The van der Waals surface area contributed by atoms with Crippen molar-refractivity contribution in [1.82, 2.24) is 0 Å². The van der Waals surface area contributed by atoms with Gasteiger partial charge >= 0.3 is 5.97 Å². The normalized spacial score (nSPS) is 14.2. The highest BCUT2D eigenvalue weighted by molar-refractivity contribution is 5.78. The molecule has 1 atom stereocenters. The van der Waals surface area contributed by atoms with Crippen molar-refractivity contribution < 1.29 is 14.6 Å². The van der Waals surface area contributed by atoms with E-state index in [1.807, 2.05) is 32.0 Å². The Balaban J connectivity index is 2.79. The molecule has 0 spiro atoms. The topological polar surface area (TPSA) is 72.5 Å². The number of carboxylic acid groups (broad SMARTS) is 1. The van der Waals surface area contributed by atoms with Crippen molar-refractivity contribution in [2.75, 3.05) is 6.61 Å². The van der Waals surface area contributed by atoms with Gasteiger partial charge in [-0.05, 0) is 31.9 Å². The standard InChI is InChI=1S/C12H17NO3/c1-8-5-4-6-9(2)10(8)16-7-12(3,13)11(14)15/h4-6H,7,13H2,1-3H3,(H,14,15). The average molecular weight is 223 g/mol. The molecule has 88 valence electrons. The lowest BCUT2D eigenvalue weighted by Crippen LogP contribution is -2.50. The molecule has 0 radical (unpaired) electrons. The van der Waals surface area contributed by atoms with Crippen molar-refractivity contribution in [3.63, 3.8) is 0 Å². The minimum absolute atomic E-state index is 0.0476. The largest absolute Gasteiger partial charge is 0.490 e. The first-order valence-corrected chi connectivity index (χ1v) is 5.06. The second-order valence-corrected chi connectivity index (χ2v) is 4.23. The van der Waals surface area contributed by atoms with E-state index < -0.39 is 11.5 Å². The highest BCUT2D eigenvalue weighted by atomic mass is 16.5. The van der Waals surface area contributed by atoms with Crippen LogP contribution in [-0.4, -0.2) is 23.2 Å². The van der Waals surface area contributed by atoms with Gasteiger partial charge in [0.15, 0.2) is 0 Å². The summed E-state index contributed by atoms with van der Waals surface area (Å²) in [7, 11) is 0. The summed E-state index contributed by atoms with van der Waals surface area (Å²) in [5, 5.41) is 8.85. The third-order valence-electron chi connectivity index (χ3n) is 2.41. The monoisotopic (exact) mass is 223 g/mol. The number of benzene rings is 1. The van der Waals surface area contributed by atoms with Crippen LogP contribution in [0, 0.1) is 13.8 Å². The summed E-state index contributed by atoms with van der Waals surface area (Å²) in [6, 6.07) is 5.75. The molecule has 0 bridgehead atoms. The summed E-state index contributed by atoms with van der Waals surface area (Å²) in [5.41, 5.74) is 6.16. The van der Waals surface area contributed by atoms with Crippen molar-refractivity contribution >= 4 is 5.97 Å². The van der Waals surface area contributed by atoms with E-state index in [0.29, 0.717) is 5.75 Å². The van der Waals surface area contributed by atoms with E-state index in [1.165, 1.54) is 6.92 Å². The van der Waals surface area contributed by atoms with Crippen molar-refractivity contribution in [2.45, 2.75) is 26.3 Å². The van der Waals surface area contributed by atoms with E-state index in [9.17, 15) is 4.79 Å². The van der Waals surface area contributed by atoms with Crippen LogP contribution in [0.15, 0.2) is 18.2 Å². The SMILES string of the molecule is Cc1cccc(C)c1OCC(C)(N)C(=O)O. The Labute approximate surface area is 95.0 Å². The molecule has 0 aliphatic rings. The number of hydrogen-bond acceptors (Lipinski definition) is 3. The molecule has 0 heterocycles. The molecule has 0 aliphatic heterocycles. The molecule has 0 aromatic heterocycles. The number of para-hydroxylation sites is 1. The second kappa shape index (κ2) is 4.53. The Morgan fingerprint density at radius 2 is 1.94 bits per heavy atom. The summed E-state index contributed by atoms with van der Waals surface area (Å²) in [4.78, 5) is 10.8. The van der Waals surface area contributed by atoms with Crippen molar-refractivity contribution in [3.05, 3.63) is 29.3 Å². The number of hydrogen-bond donors (Lipinski definition) is 2. The van der Waals surface area contributed by atoms with Crippen LogP contribution in [0.4, 0.5) is 0 Å². The molecule has 4 heteroatoms. The van der Waals surface area contributed by atoms with Crippen LogP contribution in [0.5, 0.6) is 5.75 Å². The first-order chi connectivity index (χ1) is 7.34. The molecule has 0 saturated carbocycles. The third-order valence-corrected chi connectivity index (χ3v) is 2.41. The van der Waals surface area contributed by atoms with Crippen LogP contribution in [0.1, 0.15) is 18.1 Å². The van der Waals surface area contributed by atoms with Crippen LogP contribution < -0.4 is 10.5 Å². The number of aliphatic carboxylic acids is 1. The number of rotatable bonds is 4. The molecule has 1 aromatic rings. The lowest BCUT2D eigenvalue weighted by atomic mass is 10.1. The summed E-state index contributed by atoms with van der Waals surface area (Å²) >= 11 is 0. The highest BCUT2D eigenvalue weighted by Crippen LogP contribution is 2.23. The molecule has 16 heavy (non-hydrogen) atoms. The van der Waals surface area contributed by atoms with Gasteiger partial charge in [-0.1, -0.05) is 18.2 Å². The van der Waals surface area contributed by atoms with E-state index >= 15 is 0 Å². The maximum Gasteiger partial charge on any atom is 0.326 e. The van der Waals surface area contributed by atoms with E-state index in [0.717, 1.165) is 11.1 Å². The lowest BCUT2D eigenvalue weighted by Gasteiger charge is -2.21. The lowest BCUT2D eigenvalue weighted by molar-refractivity contribution is -0.143. The number of ether oxygens (including phenoxy) is 1. The zero-order chi connectivity index (χ0) is 12.3. The smallest absolute Gasteiger partial charge is 0.326 e. The molecule has 0 fully saturated rings. The highest BCUT2D eigenvalue weighted by Gasteiger charge is 2.29. The Hall–Kier alpha value is -1.55. The molecule has 1 aromatic carbocycles. The van der Waals surface area contributed by atoms with Crippen molar-refractivity contribution in [1.29, 1.82) is 0 Å². The maximum absolute atomic E-state index is 10.8. The molecule has 1 unspecified atom stereocenters. The first-order valence-electron chi connectivity index (χ1n) is 5.06. The summed E-state index contributed by atoms with van der Waals surface area (Å²) < 4.78 is 5.49. The third kappa shape index (κ3) is 2.73. The number of aryl methyl sites for hydroxylation is 2. The Morgan fingerprint density at radius 3 is 2.38 bits per heavy atom. The zero-order valence-corrected chi connectivity index (χ0v) is 9.78. The van der Waals surface area contributed by atoms with Gasteiger partial charge in [0.25, 0.3) is 0 Å². The van der Waals surface area contributed by atoms with E-state index in [4.69, 9.17) is 15.6 Å². The van der Waals surface area contributed by atoms with Crippen molar-refractivity contribution in [3.8, 4) is 5.75 Å². The summed E-state index contributed by atoms with van der Waals surface area (Å²) in [6.07, 6.45) is 0. The molecule has 3 N–H and O–H groups in total. The zero-order valence-electron chi connectivity index (χ0n) is 9.78. The fourth-order valence-corrected chi connectivity index (χ4v) is 1.31. The molecule has 0 aliphatic carbocycles. The van der Waals surface area contributed by atoms with E-state index in [2.05, 4.69) is 0 Å². The van der Waals surface area contributed by atoms with Gasteiger partial charge in [0.1, 0.15) is 17.9 Å². The molecular weight excluding hydrogens is 206 g/mol. The molecule has 0 saturated heterocycles. The summed E-state index contributed by atoms with van der Waals surface area (Å²) in [6.45, 7) is 5.21. The minimum atomic E-state index is -1.37. The Bertz CT molecular complexity index is 379. The second-order valence-electron chi connectivity index (χ2n) is 4.23. The van der Waals surface area contributed by atoms with Gasteiger partial charge < -0.3 is 15.6 Å². The quantitative estimate of drug-likeness (QED) is 0.811. The van der Waals surface area contributed by atoms with Gasteiger partial charge in [-0.3, -0.25) is 4.79 Å². The Kier molecular flexibility index (Phi) is 3.55. The van der Waals surface area contributed by atoms with Gasteiger partial charge in [-0.15, -0.1) is 0 Å². The van der Waals surface area contributed by atoms with Gasteiger partial charge in [0, 0.05) is 0 Å². The van der Waals surface area contributed by atoms with Crippen LogP contribution in [0.3, 0.4) is 0 Å². The minimum Gasteiger partial charge on any atom is -0.490 e. The first kappa shape index (κ1) is 12.5. The van der Waals surface area contributed by atoms with Crippen LogP contribution in [-0.2, 0) is 4.79 Å². The predicted molar refractivity (Wildman–Crippen MR) is 61.6 cm³/mol. The molecule has 4 nitrogen and oxygen atoms in total.